The second-order valence-electron chi connectivity index (χ2n) is 10.1. The highest BCUT2D eigenvalue weighted by molar-refractivity contribution is 6.10. The van der Waals surface area contributed by atoms with Gasteiger partial charge in [-0.1, -0.05) is 98.7 Å². The number of fused-ring (bicyclic) bond motifs is 1. The lowest BCUT2D eigenvalue weighted by Gasteiger charge is -2.29. The SMILES string of the molecule is CCCCC=CCCN1C(=O)C2C(c3ccc(C=Cc4ccccc4)cc3)NC(CC(=O)O)(C(=O)O)C2C1=O. The van der Waals surface area contributed by atoms with Gasteiger partial charge in [-0.3, -0.25) is 29.4 Å². The third-order valence-corrected chi connectivity index (χ3v) is 7.53. The van der Waals surface area contributed by atoms with Crippen LogP contribution in [0.2, 0.25) is 0 Å². The summed E-state index contributed by atoms with van der Waals surface area (Å²) in [5, 5.41) is 22.7. The lowest BCUT2D eigenvalue weighted by atomic mass is 9.77. The summed E-state index contributed by atoms with van der Waals surface area (Å²) < 4.78 is 0. The molecular weight excluding hydrogens is 496 g/mol. The molecule has 0 bridgehead atoms. The van der Waals surface area contributed by atoms with E-state index in [2.05, 4.69) is 12.2 Å². The Kier molecular flexibility index (Phi) is 8.76. The third-order valence-electron chi connectivity index (χ3n) is 7.53. The second-order valence-corrected chi connectivity index (χ2v) is 10.1. The van der Waals surface area contributed by atoms with Gasteiger partial charge in [0.05, 0.1) is 18.3 Å². The van der Waals surface area contributed by atoms with Crippen LogP contribution in [-0.2, 0) is 19.2 Å². The second kappa shape index (κ2) is 12.2. The van der Waals surface area contributed by atoms with Crippen molar-refractivity contribution < 1.29 is 29.4 Å². The molecule has 4 rings (SSSR count). The molecule has 0 spiro atoms. The molecule has 3 N–H and O–H groups in total. The minimum Gasteiger partial charge on any atom is -0.481 e. The van der Waals surface area contributed by atoms with Gasteiger partial charge in [0.2, 0.25) is 11.8 Å². The number of nitrogens with zero attached hydrogens (tertiary/aromatic N) is 1. The van der Waals surface area contributed by atoms with Gasteiger partial charge in [0.25, 0.3) is 0 Å². The van der Waals surface area contributed by atoms with Crippen LogP contribution in [0.1, 0.15) is 61.8 Å². The number of hydrogen-bond donors (Lipinski definition) is 3. The number of hydrogen-bond acceptors (Lipinski definition) is 5. The van der Waals surface area contributed by atoms with Crippen molar-refractivity contribution in [1.82, 2.24) is 10.2 Å². The first-order valence-electron chi connectivity index (χ1n) is 13.3. The van der Waals surface area contributed by atoms with E-state index in [0.29, 0.717) is 12.0 Å². The predicted octanol–water partition coefficient (Wildman–Crippen LogP) is 4.54. The summed E-state index contributed by atoms with van der Waals surface area (Å²) in [6, 6.07) is 16.3. The fraction of sp³-hybridized carbons (Fsp3) is 0.355. The number of rotatable bonds is 12. The van der Waals surface area contributed by atoms with E-state index in [1.807, 2.05) is 66.8 Å². The van der Waals surface area contributed by atoms with Crippen LogP contribution in [0.25, 0.3) is 12.2 Å². The van der Waals surface area contributed by atoms with E-state index in [9.17, 15) is 29.4 Å². The Morgan fingerprint density at radius 3 is 2.18 bits per heavy atom. The number of carbonyl (C=O) groups excluding carboxylic acids is 2. The highest BCUT2D eigenvalue weighted by Gasteiger charge is 2.68. The minimum absolute atomic E-state index is 0.131. The number of unbranched alkanes of at least 4 members (excludes halogenated alkanes) is 2. The fourth-order valence-corrected chi connectivity index (χ4v) is 5.58. The Bertz CT molecular complexity index is 1270. The summed E-state index contributed by atoms with van der Waals surface area (Å²) in [5.74, 6) is -6.23. The number of amides is 2. The lowest BCUT2D eigenvalue weighted by molar-refractivity contribution is -0.156. The van der Waals surface area contributed by atoms with E-state index in [1.165, 1.54) is 0 Å². The molecule has 2 amide bonds. The maximum atomic E-state index is 13.6. The Hall–Kier alpha value is -4.04. The molecule has 4 atom stereocenters. The van der Waals surface area contributed by atoms with Crippen molar-refractivity contribution in [3.05, 3.63) is 83.4 Å². The molecule has 2 aromatic rings. The normalized spacial score (nSPS) is 24.6. The quantitative estimate of drug-likeness (QED) is 0.159. The van der Waals surface area contributed by atoms with Gasteiger partial charge < -0.3 is 10.2 Å². The number of carbonyl (C=O) groups is 4. The van der Waals surface area contributed by atoms with Gasteiger partial charge in [-0.05, 0) is 29.5 Å². The first kappa shape index (κ1) is 28.0. The maximum Gasteiger partial charge on any atom is 0.325 e. The monoisotopic (exact) mass is 530 g/mol. The average molecular weight is 531 g/mol. The first-order valence-corrected chi connectivity index (χ1v) is 13.3. The van der Waals surface area contributed by atoms with Gasteiger partial charge in [0.1, 0.15) is 5.54 Å². The average Bonchev–Trinajstić information content (AvgIpc) is 3.39. The molecule has 2 fully saturated rings. The summed E-state index contributed by atoms with van der Waals surface area (Å²) in [7, 11) is 0. The number of benzene rings is 2. The molecule has 204 valence electrons. The Balaban J connectivity index is 1.61. The summed E-state index contributed by atoms with van der Waals surface area (Å²) in [6.07, 6.45) is 10.5. The summed E-state index contributed by atoms with van der Waals surface area (Å²) >= 11 is 0. The molecule has 8 nitrogen and oxygen atoms in total. The molecule has 2 heterocycles. The van der Waals surface area contributed by atoms with E-state index in [1.54, 1.807) is 12.1 Å². The molecule has 2 aromatic carbocycles. The van der Waals surface area contributed by atoms with Crippen LogP contribution in [0.3, 0.4) is 0 Å². The van der Waals surface area contributed by atoms with E-state index in [-0.39, 0.29) is 6.54 Å². The van der Waals surface area contributed by atoms with Crippen molar-refractivity contribution in [2.24, 2.45) is 11.8 Å². The van der Waals surface area contributed by atoms with Crippen LogP contribution in [0.15, 0.2) is 66.7 Å². The van der Waals surface area contributed by atoms with Crippen molar-refractivity contribution in [3.8, 4) is 0 Å². The van der Waals surface area contributed by atoms with Crippen molar-refractivity contribution in [1.29, 1.82) is 0 Å². The number of nitrogens with one attached hydrogen (secondary N) is 1. The number of allylic oxidation sites excluding steroid dienone is 1. The van der Waals surface area contributed by atoms with Gasteiger partial charge in [0, 0.05) is 12.6 Å². The van der Waals surface area contributed by atoms with Gasteiger partial charge in [-0.2, -0.15) is 0 Å². The largest absolute Gasteiger partial charge is 0.481 e. The zero-order valence-corrected chi connectivity index (χ0v) is 22.0. The van der Waals surface area contributed by atoms with Crippen LogP contribution < -0.4 is 5.32 Å². The van der Waals surface area contributed by atoms with Crippen LogP contribution in [0, 0.1) is 11.8 Å². The number of aliphatic carboxylic acids is 2. The molecule has 39 heavy (non-hydrogen) atoms. The first-order chi connectivity index (χ1) is 18.8. The van der Waals surface area contributed by atoms with Crippen LogP contribution in [-0.4, -0.2) is 50.9 Å². The van der Waals surface area contributed by atoms with Crippen molar-refractivity contribution in [3.63, 3.8) is 0 Å². The van der Waals surface area contributed by atoms with E-state index in [4.69, 9.17) is 0 Å². The van der Waals surface area contributed by atoms with Crippen molar-refractivity contribution >= 4 is 35.9 Å². The Morgan fingerprint density at radius 2 is 1.56 bits per heavy atom. The molecule has 2 aliphatic heterocycles. The summed E-state index contributed by atoms with van der Waals surface area (Å²) in [5.41, 5.74) is 0.471. The van der Waals surface area contributed by atoms with E-state index in [0.717, 1.165) is 35.3 Å². The molecule has 0 aromatic heterocycles. The van der Waals surface area contributed by atoms with E-state index < -0.39 is 53.6 Å². The third kappa shape index (κ3) is 5.86. The molecule has 2 saturated heterocycles. The molecule has 4 unspecified atom stereocenters. The number of carboxylic acids is 2. The minimum atomic E-state index is -2.09. The van der Waals surface area contributed by atoms with Crippen molar-refractivity contribution in [2.75, 3.05) is 6.54 Å². The summed E-state index contributed by atoms with van der Waals surface area (Å²) in [4.78, 5) is 52.5. The van der Waals surface area contributed by atoms with Crippen LogP contribution in [0.5, 0.6) is 0 Å². The zero-order chi connectivity index (χ0) is 28.0. The Labute approximate surface area is 228 Å². The number of imide groups is 1. The topological polar surface area (TPSA) is 124 Å². The number of carboxylic acid groups (broad SMARTS) is 2. The van der Waals surface area contributed by atoms with Gasteiger partial charge >= 0.3 is 11.9 Å². The maximum absolute atomic E-state index is 13.6. The predicted molar refractivity (Wildman–Crippen MR) is 147 cm³/mol. The smallest absolute Gasteiger partial charge is 0.325 e. The molecule has 0 aliphatic carbocycles. The lowest BCUT2D eigenvalue weighted by Crippen LogP contribution is -2.57. The zero-order valence-electron chi connectivity index (χ0n) is 22.0. The molecule has 8 heteroatoms. The molecular formula is C31H34N2O6. The van der Waals surface area contributed by atoms with E-state index >= 15 is 0 Å². The highest BCUT2D eigenvalue weighted by atomic mass is 16.4. The standard InChI is InChI=1S/C31H34N2O6/c1-2-3-4-5-6-10-19-33-28(36)25-26(29(33)37)31(30(38)39,20-24(34)35)32-27(25)23-17-15-22(16-18-23)14-13-21-11-8-7-9-12-21/h5-9,11-18,25-27,32H,2-4,10,19-20H2,1H3,(H,34,35)(H,38,39). The summed E-state index contributed by atoms with van der Waals surface area (Å²) in [6.45, 7) is 2.23. The number of likely N-dealkylation sites (tertiary alicyclic amines) is 1. The van der Waals surface area contributed by atoms with Gasteiger partial charge in [-0.15, -0.1) is 0 Å². The highest BCUT2D eigenvalue weighted by Crippen LogP contribution is 2.50. The van der Waals surface area contributed by atoms with Gasteiger partial charge in [0.15, 0.2) is 0 Å². The van der Waals surface area contributed by atoms with Crippen LogP contribution >= 0.6 is 0 Å². The van der Waals surface area contributed by atoms with Crippen LogP contribution in [0.4, 0.5) is 0 Å². The molecule has 2 aliphatic rings. The molecule has 0 saturated carbocycles. The Morgan fingerprint density at radius 1 is 0.923 bits per heavy atom. The van der Waals surface area contributed by atoms with Gasteiger partial charge in [-0.25, -0.2) is 0 Å². The molecule has 0 radical (unpaired) electrons. The van der Waals surface area contributed by atoms with Crippen molar-refractivity contribution in [2.45, 2.75) is 50.6 Å². The fourth-order valence-electron chi connectivity index (χ4n) is 5.58.